The fourth-order valence-corrected chi connectivity index (χ4v) is 3.22. The number of nitrogens with one attached hydrogen (secondary N) is 1. The normalized spacial score (nSPS) is 15.3. The maximum atomic E-state index is 12.1. The Morgan fingerprint density at radius 1 is 1.47 bits per heavy atom. The molecule has 1 aliphatic rings. The molecule has 0 radical (unpaired) electrons. The lowest BCUT2D eigenvalue weighted by Gasteiger charge is -2.20. The minimum absolute atomic E-state index is 0.167. The number of nitrogens with zero attached hydrogens (tertiary/aromatic N) is 4. The highest BCUT2D eigenvalue weighted by atomic mass is 32.1. The van der Waals surface area contributed by atoms with Gasteiger partial charge in [0.15, 0.2) is 5.13 Å². The molecule has 1 amide bonds. The van der Waals surface area contributed by atoms with E-state index in [0.29, 0.717) is 10.8 Å². The van der Waals surface area contributed by atoms with Crippen LogP contribution < -0.4 is 5.32 Å². The molecule has 0 aliphatic carbocycles. The van der Waals surface area contributed by atoms with E-state index in [2.05, 4.69) is 27.3 Å². The molecule has 0 saturated heterocycles. The highest BCUT2D eigenvalue weighted by molar-refractivity contribution is 7.15. The van der Waals surface area contributed by atoms with Gasteiger partial charge in [-0.15, -0.1) is 11.3 Å². The lowest BCUT2D eigenvalue weighted by molar-refractivity contribution is 0.101. The van der Waals surface area contributed by atoms with E-state index in [1.165, 1.54) is 4.88 Å². The van der Waals surface area contributed by atoms with Gasteiger partial charge in [0.2, 0.25) is 0 Å². The number of likely N-dealkylation sites (N-methyl/N-ethyl adjacent to an activating group) is 1. The van der Waals surface area contributed by atoms with E-state index in [0.717, 1.165) is 25.2 Å². The first-order chi connectivity index (χ1) is 9.13. The first-order valence-corrected chi connectivity index (χ1v) is 6.91. The van der Waals surface area contributed by atoms with Crippen LogP contribution in [-0.4, -0.2) is 39.2 Å². The third-order valence-electron chi connectivity index (χ3n) is 3.20. The Kier molecular flexibility index (Phi) is 3.08. The number of aromatic nitrogens is 3. The maximum absolute atomic E-state index is 12.1. The summed E-state index contributed by atoms with van der Waals surface area (Å²) in [5, 5.41) is 7.51. The van der Waals surface area contributed by atoms with E-state index < -0.39 is 0 Å². The maximum Gasteiger partial charge on any atom is 0.275 e. The van der Waals surface area contributed by atoms with Crippen LogP contribution >= 0.6 is 11.3 Å². The Hall–Kier alpha value is -1.73. The van der Waals surface area contributed by atoms with Crippen molar-refractivity contribution >= 4 is 22.4 Å². The zero-order chi connectivity index (χ0) is 13.4. The summed E-state index contributed by atoms with van der Waals surface area (Å²) < 4.78 is 1.55. The summed E-state index contributed by atoms with van der Waals surface area (Å²) >= 11 is 1.56. The molecular weight excluding hydrogens is 262 g/mol. The number of fused-ring (bicyclic) bond motifs is 1. The Morgan fingerprint density at radius 3 is 3.05 bits per heavy atom. The van der Waals surface area contributed by atoms with Crippen LogP contribution in [0.25, 0.3) is 0 Å². The van der Waals surface area contributed by atoms with E-state index in [1.807, 2.05) is 0 Å². The van der Waals surface area contributed by atoms with E-state index in [1.54, 1.807) is 35.3 Å². The predicted octanol–water partition coefficient (Wildman–Crippen LogP) is 1.12. The largest absolute Gasteiger partial charge is 0.301 e. The van der Waals surface area contributed by atoms with Crippen molar-refractivity contribution in [3.63, 3.8) is 0 Å². The van der Waals surface area contributed by atoms with Crippen molar-refractivity contribution in [1.29, 1.82) is 0 Å². The van der Waals surface area contributed by atoms with Crippen LogP contribution in [0, 0.1) is 0 Å². The number of aryl methyl sites for hydroxylation is 1. The van der Waals surface area contributed by atoms with Gasteiger partial charge < -0.3 is 4.90 Å². The monoisotopic (exact) mass is 277 g/mol. The van der Waals surface area contributed by atoms with E-state index in [9.17, 15) is 4.79 Å². The molecule has 1 N–H and O–H groups in total. The SMILES string of the molecule is CN1CCc2nc(NC(=O)c3ccnn3C)sc2C1. The topological polar surface area (TPSA) is 63.1 Å². The zero-order valence-electron chi connectivity index (χ0n) is 10.9. The number of hydrogen-bond donors (Lipinski definition) is 1. The molecule has 7 heteroatoms. The van der Waals surface area contributed by atoms with Crippen molar-refractivity contribution in [2.75, 3.05) is 18.9 Å². The molecule has 0 atom stereocenters. The molecule has 2 aromatic rings. The van der Waals surface area contributed by atoms with Crippen LogP contribution in [0.2, 0.25) is 0 Å². The number of amides is 1. The van der Waals surface area contributed by atoms with Crippen molar-refractivity contribution in [1.82, 2.24) is 19.7 Å². The minimum atomic E-state index is -0.167. The highest BCUT2D eigenvalue weighted by Gasteiger charge is 2.20. The molecule has 0 bridgehead atoms. The van der Waals surface area contributed by atoms with Crippen LogP contribution in [0.3, 0.4) is 0 Å². The van der Waals surface area contributed by atoms with Crippen LogP contribution in [0.5, 0.6) is 0 Å². The molecule has 0 aromatic carbocycles. The molecule has 19 heavy (non-hydrogen) atoms. The van der Waals surface area contributed by atoms with Gasteiger partial charge >= 0.3 is 0 Å². The summed E-state index contributed by atoms with van der Waals surface area (Å²) in [7, 11) is 3.84. The number of rotatable bonds is 2. The fourth-order valence-electron chi connectivity index (χ4n) is 2.13. The van der Waals surface area contributed by atoms with E-state index in [-0.39, 0.29) is 5.91 Å². The summed E-state index contributed by atoms with van der Waals surface area (Å²) in [5.41, 5.74) is 1.65. The summed E-state index contributed by atoms with van der Waals surface area (Å²) in [6.45, 7) is 1.93. The van der Waals surface area contributed by atoms with Crippen LogP contribution in [-0.2, 0) is 20.0 Å². The second kappa shape index (κ2) is 4.75. The van der Waals surface area contributed by atoms with Crippen molar-refractivity contribution < 1.29 is 4.79 Å². The Balaban J connectivity index is 1.78. The fraction of sp³-hybridized carbons (Fsp3) is 0.417. The number of carbonyl (C=O) groups excluding carboxylic acids is 1. The van der Waals surface area contributed by atoms with Crippen molar-refractivity contribution in [2.24, 2.45) is 7.05 Å². The minimum Gasteiger partial charge on any atom is -0.301 e. The van der Waals surface area contributed by atoms with E-state index in [4.69, 9.17) is 0 Å². The van der Waals surface area contributed by atoms with Gasteiger partial charge in [-0.1, -0.05) is 0 Å². The Morgan fingerprint density at radius 2 is 2.32 bits per heavy atom. The molecule has 100 valence electrons. The average molecular weight is 277 g/mol. The molecule has 2 aromatic heterocycles. The number of carbonyl (C=O) groups is 1. The summed E-state index contributed by atoms with van der Waals surface area (Å²) in [6, 6.07) is 1.69. The molecule has 0 saturated carbocycles. The van der Waals surface area contributed by atoms with Crippen LogP contribution in [0.4, 0.5) is 5.13 Å². The second-order valence-electron chi connectivity index (χ2n) is 4.67. The average Bonchev–Trinajstić information content (AvgIpc) is 2.94. The molecule has 0 unspecified atom stereocenters. The molecule has 0 fully saturated rings. The quantitative estimate of drug-likeness (QED) is 0.893. The highest BCUT2D eigenvalue weighted by Crippen LogP contribution is 2.27. The molecule has 6 nitrogen and oxygen atoms in total. The van der Waals surface area contributed by atoms with Crippen molar-refractivity contribution in [2.45, 2.75) is 13.0 Å². The standard InChI is InChI=1S/C12H15N5OS/c1-16-6-4-8-10(7-16)19-12(14-8)15-11(18)9-3-5-13-17(9)2/h3,5H,4,6-7H2,1-2H3,(H,14,15,18). The van der Waals surface area contributed by atoms with Gasteiger partial charge in [-0.3, -0.25) is 14.8 Å². The molecular formula is C12H15N5OS. The van der Waals surface area contributed by atoms with Crippen LogP contribution in [0.15, 0.2) is 12.3 Å². The van der Waals surface area contributed by atoms with Gasteiger partial charge in [-0.25, -0.2) is 4.98 Å². The van der Waals surface area contributed by atoms with Crippen molar-refractivity contribution in [3.8, 4) is 0 Å². The third kappa shape index (κ3) is 2.39. The first-order valence-electron chi connectivity index (χ1n) is 6.10. The number of thiazole rings is 1. The van der Waals surface area contributed by atoms with Gasteiger partial charge in [0.25, 0.3) is 5.91 Å². The Bertz CT molecular complexity index is 617. The number of anilines is 1. The zero-order valence-corrected chi connectivity index (χ0v) is 11.7. The van der Waals surface area contributed by atoms with E-state index >= 15 is 0 Å². The molecule has 1 aliphatic heterocycles. The van der Waals surface area contributed by atoms with Gasteiger partial charge in [-0.2, -0.15) is 5.10 Å². The molecule has 3 heterocycles. The lowest BCUT2D eigenvalue weighted by atomic mass is 10.2. The van der Waals surface area contributed by atoms with Gasteiger partial charge in [-0.05, 0) is 13.1 Å². The lowest BCUT2D eigenvalue weighted by Crippen LogP contribution is -2.25. The Labute approximate surface area is 115 Å². The van der Waals surface area contributed by atoms with Crippen molar-refractivity contribution in [3.05, 3.63) is 28.5 Å². The van der Waals surface area contributed by atoms with Gasteiger partial charge in [0.1, 0.15) is 5.69 Å². The second-order valence-corrected chi connectivity index (χ2v) is 5.75. The number of hydrogen-bond acceptors (Lipinski definition) is 5. The van der Waals surface area contributed by atoms with Gasteiger partial charge in [0, 0.05) is 37.6 Å². The smallest absolute Gasteiger partial charge is 0.275 e. The summed E-state index contributed by atoms with van der Waals surface area (Å²) in [5.74, 6) is -0.167. The first kappa shape index (κ1) is 12.3. The predicted molar refractivity (Wildman–Crippen MR) is 73.3 cm³/mol. The molecule has 0 spiro atoms. The summed E-state index contributed by atoms with van der Waals surface area (Å²) in [6.07, 6.45) is 2.56. The van der Waals surface area contributed by atoms with Gasteiger partial charge in [0.05, 0.1) is 5.69 Å². The summed E-state index contributed by atoms with van der Waals surface area (Å²) in [4.78, 5) is 20.1. The molecule has 3 rings (SSSR count). The third-order valence-corrected chi connectivity index (χ3v) is 4.19. The van der Waals surface area contributed by atoms with Crippen LogP contribution in [0.1, 0.15) is 21.1 Å².